The molecule has 1 saturated heterocycles. The SMILES string of the molecule is O=C(CC1CCCN1)C1=CCCCCC1. The molecule has 15 heavy (non-hydrogen) atoms. The highest BCUT2D eigenvalue weighted by molar-refractivity contribution is 5.95. The third kappa shape index (κ3) is 3.16. The topological polar surface area (TPSA) is 29.1 Å². The summed E-state index contributed by atoms with van der Waals surface area (Å²) in [6, 6.07) is 0.460. The van der Waals surface area contributed by atoms with Crippen molar-refractivity contribution in [1.82, 2.24) is 5.32 Å². The van der Waals surface area contributed by atoms with Crippen LogP contribution in [0.3, 0.4) is 0 Å². The van der Waals surface area contributed by atoms with E-state index in [1.54, 1.807) is 0 Å². The third-order valence-electron chi connectivity index (χ3n) is 3.49. The van der Waals surface area contributed by atoms with E-state index in [1.807, 2.05) is 0 Å². The Bertz CT molecular complexity index is 251. The Hall–Kier alpha value is -0.630. The van der Waals surface area contributed by atoms with Crippen LogP contribution in [0.15, 0.2) is 11.6 Å². The van der Waals surface area contributed by atoms with Crippen molar-refractivity contribution in [3.05, 3.63) is 11.6 Å². The number of carbonyl (C=O) groups is 1. The van der Waals surface area contributed by atoms with Crippen LogP contribution in [-0.4, -0.2) is 18.4 Å². The number of hydrogen-bond donors (Lipinski definition) is 1. The number of ketones is 1. The van der Waals surface area contributed by atoms with Gasteiger partial charge >= 0.3 is 0 Å². The van der Waals surface area contributed by atoms with Gasteiger partial charge in [0.15, 0.2) is 5.78 Å². The fourth-order valence-electron chi connectivity index (χ4n) is 2.55. The number of hydrogen-bond acceptors (Lipinski definition) is 2. The first-order chi connectivity index (χ1) is 7.36. The summed E-state index contributed by atoms with van der Waals surface area (Å²) in [6.07, 6.45) is 11.2. The van der Waals surface area contributed by atoms with Crippen molar-refractivity contribution >= 4 is 5.78 Å². The summed E-state index contributed by atoms with van der Waals surface area (Å²) in [5.41, 5.74) is 1.11. The molecule has 2 nitrogen and oxygen atoms in total. The first kappa shape index (κ1) is 10.9. The summed E-state index contributed by atoms with van der Waals surface area (Å²) < 4.78 is 0. The van der Waals surface area contributed by atoms with Gasteiger partial charge in [-0.2, -0.15) is 0 Å². The first-order valence-corrected chi connectivity index (χ1v) is 6.32. The normalized spacial score (nSPS) is 27.2. The Morgan fingerprint density at radius 2 is 2.27 bits per heavy atom. The lowest BCUT2D eigenvalue weighted by Crippen LogP contribution is -2.25. The number of allylic oxidation sites excluding steroid dienone is 2. The minimum Gasteiger partial charge on any atom is -0.314 e. The van der Waals surface area contributed by atoms with E-state index in [2.05, 4.69) is 11.4 Å². The van der Waals surface area contributed by atoms with Crippen molar-refractivity contribution in [2.45, 2.75) is 57.4 Å². The highest BCUT2D eigenvalue weighted by Crippen LogP contribution is 2.20. The van der Waals surface area contributed by atoms with Crippen LogP contribution in [0.2, 0.25) is 0 Å². The maximum atomic E-state index is 12.0. The molecule has 0 radical (unpaired) electrons. The zero-order chi connectivity index (χ0) is 10.5. The molecule has 0 aromatic carbocycles. The van der Waals surface area contributed by atoms with Gasteiger partial charge < -0.3 is 5.32 Å². The van der Waals surface area contributed by atoms with Crippen molar-refractivity contribution in [3.8, 4) is 0 Å². The Morgan fingerprint density at radius 3 is 3.07 bits per heavy atom. The second kappa shape index (κ2) is 5.45. The Morgan fingerprint density at radius 1 is 1.33 bits per heavy atom. The van der Waals surface area contributed by atoms with Crippen LogP contribution in [-0.2, 0) is 4.79 Å². The van der Waals surface area contributed by atoms with Crippen LogP contribution in [0.4, 0.5) is 0 Å². The predicted octanol–water partition coefficient (Wildman–Crippen LogP) is 2.59. The monoisotopic (exact) mass is 207 g/mol. The summed E-state index contributed by atoms with van der Waals surface area (Å²) in [4.78, 5) is 12.0. The van der Waals surface area contributed by atoms with Gasteiger partial charge in [-0.05, 0) is 50.6 Å². The maximum Gasteiger partial charge on any atom is 0.160 e. The van der Waals surface area contributed by atoms with Gasteiger partial charge in [-0.3, -0.25) is 4.79 Å². The van der Waals surface area contributed by atoms with Crippen molar-refractivity contribution in [2.24, 2.45) is 0 Å². The van der Waals surface area contributed by atoms with E-state index in [0.717, 1.165) is 31.4 Å². The Labute approximate surface area is 92.1 Å². The van der Waals surface area contributed by atoms with Gasteiger partial charge in [-0.1, -0.05) is 12.5 Å². The second-order valence-electron chi connectivity index (χ2n) is 4.75. The second-order valence-corrected chi connectivity index (χ2v) is 4.75. The van der Waals surface area contributed by atoms with Crippen LogP contribution in [0, 0.1) is 0 Å². The molecule has 0 bridgehead atoms. The van der Waals surface area contributed by atoms with Crippen LogP contribution >= 0.6 is 0 Å². The quantitative estimate of drug-likeness (QED) is 0.770. The fourth-order valence-corrected chi connectivity index (χ4v) is 2.55. The van der Waals surface area contributed by atoms with Crippen LogP contribution in [0.1, 0.15) is 51.4 Å². The lowest BCUT2D eigenvalue weighted by molar-refractivity contribution is -0.116. The van der Waals surface area contributed by atoms with E-state index < -0.39 is 0 Å². The molecule has 0 saturated carbocycles. The van der Waals surface area contributed by atoms with Gasteiger partial charge in [0.05, 0.1) is 0 Å². The fraction of sp³-hybridized carbons (Fsp3) is 0.769. The van der Waals surface area contributed by atoms with Gasteiger partial charge in [0.1, 0.15) is 0 Å². The summed E-state index contributed by atoms with van der Waals surface area (Å²) in [5, 5.41) is 3.39. The average Bonchev–Trinajstić information content (AvgIpc) is 2.58. The largest absolute Gasteiger partial charge is 0.314 e. The van der Waals surface area contributed by atoms with Gasteiger partial charge in [0, 0.05) is 12.5 Å². The first-order valence-electron chi connectivity index (χ1n) is 6.32. The number of rotatable bonds is 3. The molecule has 1 unspecified atom stereocenters. The molecule has 0 spiro atoms. The maximum absolute atomic E-state index is 12.0. The van der Waals surface area contributed by atoms with Gasteiger partial charge in [0.2, 0.25) is 0 Å². The average molecular weight is 207 g/mol. The molecule has 0 aromatic heterocycles. The number of carbonyl (C=O) groups excluding carboxylic acids is 1. The van der Waals surface area contributed by atoms with Gasteiger partial charge in [-0.25, -0.2) is 0 Å². The highest BCUT2D eigenvalue weighted by atomic mass is 16.1. The molecule has 0 aromatic rings. The smallest absolute Gasteiger partial charge is 0.160 e. The van der Waals surface area contributed by atoms with Crippen molar-refractivity contribution in [1.29, 1.82) is 0 Å². The Kier molecular flexibility index (Phi) is 3.95. The van der Waals surface area contributed by atoms with E-state index in [4.69, 9.17) is 0 Å². The molecule has 0 amide bonds. The molecule has 2 rings (SSSR count). The number of nitrogens with one attached hydrogen (secondary N) is 1. The van der Waals surface area contributed by atoms with Crippen molar-refractivity contribution < 1.29 is 4.79 Å². The summed E-state index contributed by atoms with van der Waals surface area (Å²) in [7, 11) is 0. The minimum atomic E-state index is 0.399. The zero-order valence-electron chi connectivity index (χ0n) is 9.43. The van der Waals surface area contributed by atoms with Crippen LogP contribution < -0.4 is 5.32 Å². The molecule has 84 valence electrons. The molecule has 1 aliphatic heterocycles. The standard InChI is InChI=1S/C13H21NO/c15-13(10-12-8-5-9-14-12)11-6-3-1-2-4-7-11/h6,12,14H,1-5,7-10H2. The van der Waals surface area contributed by atoms with E-state index in [1.165, 1.54) is 32.1 Å². The van der Waals surface area contributed by atoms with E-state index >= 15 is 0 Å². The van der Waals surface area contributed by atoms with E-state index in [0.29, 0.717) is 11.8 Å². The molecule has 1 atom stereocenters. The molecular weight excluding hydrogens is 186 g/mol. The van der Waals surface area contributed by atoms with E-state index in [-0.39, 0.29) is 0 Å². The molecule has 2 aliphatic rings. The molecule has 1 aliphatic carbocycles. The number of Topliss-reactive ketones (excluding diaryl/α,β-unsaturated/α-hetero) is 1. The predicted molar refractivity (Wildman–Crippen MR) is 61.8 cm³/mol. The van der Waals surface area contributed by atoms with Gasteiger partial charge in [-0.15, -0.1) is 0 Å². The van der Waals surface area contributed by atoms with Crippen molar-refractivity contribution in [3.63, 3.8) is 0 Å². The Balaban J connectivity index is 1.85. The highest BCUT2D eigenvalue weighted by Gasteiger charge is 2.20. The van der Waals surface area contributed by atoms with E-state index in [9.17, 15) is 4.79 Å². The third-order valence-corrected chi connectivity index (χ3v) is 3.49. The van der Waals surface area contributed by atoms with Crippen molar-refractivity contribution in [2.75, 3.05) is 6.54 Å². The zero-order valence-corrected chi connectivity index (χ0v) is 9.43. The molecule has 2 heteroatoms. The molecule has 1 heterocycles. The lowest BCUT2D eigenvalue weighted by Gasteiger charge is -2.10. The minimum absolute atomic E-state index is 0.399. The summed E-state index contributed by atoms with van der Waals surface area (Å²) >= 11 is 0. The summed E-state index contributed by atoms with van der Waals surface area (Å²) in [5.74, 6) is 0.399. The molecule has 1 N–H and O–H groups in total. The van der Waals surface area contributed by atoms with Crippen LogP contribution in [0.25, 0.3) is 0 Å². The molecular formula is C13H21NO. The van der Waals surface area contributed by atoms with Crippen LogP contribution in [0.5, 0.6) is 0 Å². The molecule has 1 fully saturated rings. The van der Waals surface area contributed by atoms with Gasteiger partial charge in [0.25, 0.3) is 0 Å². The lowest BCUT2D eigenvalue weighted by atomic mass is 9.99. The summed E-state index contributed by atoms with van der Waals surface area (Å²) in [6.45, 7) is 1.09.